The quantitative estimate of drug-likeness (QED) is 0.903. The SMILES string of the molecule is OCc1ccc(OCc2ccccc2)c(F)c1F. The molecule has 0 amide bonds. The zero-order chi connectivity index (χ0) is 13.0. The van der Waals surface area contributed by atoms with E-state index in [0.717, 1.165) is 5.56 Å². The maximum atomic E-state index is 13.5. The van der Waals surface area contributed by atoms with Crippen molar-refractivity contribution in [3.8, 4) is 5.75 Å². The molecule has 0 radical (unpaired) electrons. The number of ether oxygens (including phenoxy) is 1. The van der Waals surface area contributed by atoms with Gasteiger partial charge in [0.2, 0.25) is 5.82 Å². The molecule has 18 heavy (non-hydrogen) atoms. The smallest absolute Gasteiger partial charge is 0.200 e. The monoisotopic (exact) mass is 250 g/mol. The van der Waals surface area contributed by atoms with Crippen LogP contribution in [-0.4, -0.2) is 5.11 Å². The molecular weight excluding hydrogens is 238 g/mol. The minimum atomic E-state index is -1.07. The summed E-state index contributed by atoms with van der Waals surface area (Å²) in [6, 6.07) is 11.8. The minimum absolute atomic E-state index is 0.0837. The van der Waals surface area contributed by atoms with Gasteiger partial charge in [0, 0.05) is 5.56 Å². The van der Waals surface area contributed by atoms with E-state index in [4.69, 9.17) is 9.84 Å². The highest BCUT2D eigenvalue weighted by Gasteiger charge is 2.13. The predicted octanol–water partition coefficient (Wildman–Crippen LogP) is 3.04. The van der Waals surface area contributed by atoms with Crippen LogP contribution in [0.2, 0.25) is 0 Å². The topological polar surface area (TPSA) is 29.5 Å². The molecule has 94 valence electrons. The van der Waals surface area contributed by atoms with E-state index in [1.54, 1.807) is 0 Å². The van der Waals surface area contributed by atoms with E-state index < -0.39 is 18.2 Å². The summed E-state index contributed by atoms with van der Waals surface area (Å²) in [5, 5.41) is 8.79. The van der Waals surface area contributed by atoms with Crippen LogP contribution in [0.25, 0.3) is 0 Å². The van der Waals surface area contributed by atoms with Gasteiger partial charge in [0.05, 0.1) is 6.61 Å². The van der Waals surface area contributed by atoms with Crippen LogP contribution in [0.3, 0.4) is 0 Å². The summed E-state index contributed by atoms with van der Waals surface area (Å²) in [5.74, 6) is -2.30. The van der Waals surface area contributed by atoms with Gasteiger partial charge in [-0.2, -0.15) is 4.39 Å². The Hall–Kier alpha value is -1.94. The molecule has 4 heteroatoms. The van der Waals surface area contributed by atoms with Crippen molar-refractivity contribution in [3.05, 3.63) is 65.2 Å². The molecule has 1 N–H and O–H groups in total. The number of hydrogen-bond donors (Lipinski definition) is 1. The second kappa shape index (κ2) is 5.60. The van der Waals surface area contributed by atoms with Crippen molar-refractivity contribution in [3.63, 3.8) is 0 Å². The molecule has 0 saturated heterocycles. The van der Waals surface area contributed by atoms with Crippen molar-refractivity contribution < 1.29 is 18.6 Å². The molecule has 0 aliphatic rings. The van der Waals surface area contributed by atoms with E-state index in [9.17, 15) is 8.78 Å². The number of aliphatic hydroxyl groups is 1. The summed E-state index contributed by atoms with van der Waals surface area (Å²) >= 11 is 0. The summed E-state index contributed by atoms with van der Waals surface area (Å²) in [5.41, 5.74) is 0.781. The zero-order valence-corrected chi connectivity index (χ0v) is 9.57. The number of hydrogen-bond acceptors (Lipinski definition) is 2. The van der Waals surface area contributed by atoms with E-state index in [2.05, 4.69) is 0 Å². The van der Waals surface area contributed by atoms with Gasteiger partial charge in [0.1, 0.15) is 6.61 Å². The van der Waals surface area contributed by atoms with Crippen molar-refractivity contribution >= 4 is 0 Å². The average Bonchev–Trinajstić information content (AvgIpc) is 2.42. The first-order valence-electron chi connectivity index (χ1n) is 5.47. The van der Waals surface area contributed by atoms with Crippen LogP contribution < -0.4 is 4.74 Å². The van der Waals surface area contributed by atoms with Crippen LogP contribution in [0.4, 0.5) is 8.78 Å². The van der Waals surface area contributed by atoms with Gasteiger partial charge in [-0.05, 0) is 17.7 Å². The van der Waals surface area contributed by atoms with Crippen molar-refractivity contribution in [2.75, 3.05) is 0 Å². The lowest BCUT2D eigenvalue weighted by atomic mass is 10.2. The second-order valence-electron chi connectivity index (χ2n) is 3.78. The van der Waals surface area contributed by atoms with E-state index in [0.29, 0.717) is 0 Å². The van der Waals surface area contributed by atoms with Crippen molar-refractivity contribution in [2.24, 2.45) is 0 Å². The number of halogens is 2. The number of aliphatic hydroxyl groups excluding tert-OH is 1. The molecule has 0 fully saturated rings. The lowest BCUT2D eigenvalue weighted by Gasteiger charge is -2.09. The third-order valence-electron chi connectivity index (χ3n) is 2.53. The van der Waals surface area contributed by atoms with Crippen LogP contribution in [0.15, 0.2) is 42.5 Å². The zero-order valence-electron chi connectivity index (χ0n) is 9.57. The fourth-order valence-electron chi connectivity index (χ4n) is 1.54. The summed E-state index contributed by atoms with van der Waals surface area (Å²) in [4.78, 5) is 0. The molecule has 2 aromatic carbocycles. The third-order valence-corrected chi connectivity index (χ3v) is 2.53. The highest BCUT2D eigenvalue weighted by atomic mass is 19.2. The van der Waals surface area contributed by atoms with Crippen molar-refractivity contribution in [1.82, 2.24) is 0 Å². The Morgan fingerprint density at radius 3 is 2.33 bits per heavy atom. The van der Waals surface area contributed by atoms with Crippen LogP contribution >= 0.6 is 0 Å². The average molecular weight is 250 g/mol. The summed E-state index contributed by atoms with van der Waals surface area (Å²) in [6.45, 7) is -0.378. The van der Waals surface area contributed by atoms with Crippen LogP contribution in [0.1, 0.15) is 11.1 Å². The Bertz CT molecular complexity index is 527. The van der Waals surface area contributed by atoms with Gasteiger partial charge in [0.15, 0.2) is 11.6 Å². The van der Waals surface area contributed by atoms with Gasteiger partial charge >= 0.3 is 0 Å². The lowest BCUT2D eigenvalue weighted by molar-refractivity contribution is 0.264. The first-order chi connectivity index (χ1) is 8.72. The number of benzene rings is 2. The predicted molar refractivity (Wildman–Crippen MR) is 63.1 cm³/mol. The number of rotatable bonds is 4. The Morgan fingerprint density at radius 1 is 0.944 bits per heavy atom. The molecule has 2 aromatic rings. The first-order valence-corrected chi connectivity index (χ1v) is 5.47. The molecule has 2 nitrogen and oxygen atoms in total. The molecule has 0 aliphatic heterocycles. The van der Waals surface area contributed by atoms with E-state index in [-0.39, 0.29) is 17.9 Å². The highest BCUT2D eigenvalue weighted by Crippen LogP contribution is 2.23. The lowest BCUT2D eigenvalue weighted by Crippen LogP contribution is -2.01. The first kappa shape index (κ1) is 12.5. The molecule has 0 heterocycles. The maximum absolute atomic E-state index is 13.5. The Kier molecular flexibility index (Phi) is 3.89. The normalized spacial score (nSPS) is 10.4. The fraction of sp³-hybridized carbons (Fsp3) is 0.143. The van der Waals surface area contributed by atoms with Gasteiger partial charge in [-0.3, -0.25) is 0 Å². The van der Waals surface area contributed by atoms with Gasteiger partial charge in [-0.15, -0.1) is 0 Å². The van der Waals surface area contributed by atoms with Crippen molar-refractivity contribution in [1.29, 1.82) is 0 Å². The van der Waals surface area contributed by atoms with Gasteiger partial charge in [-0.1, -0.05) is 30.3 Å². The standard InChI is InChI=1S/C14H12F2O2/c15-13-11(8-17)6-7-12(14(13)16)18-9-10-4-2-1-3-5-10/h1-7,17H,8-9H2. The molecule has 2 rings (SSSR count). The summed E-state index contributed by atoms with van der Waals surface area (Å²) in [7, 11) is 0. The third kappa shape index (κ3) is 2.65. The molecule has 0 saturated carbocycles. The second-order valence-corrected chi connectivity index (χ2v) is 3.78. The molecule has 0 atom stereocenters. The summed E-state index contributed by atoms with van der Waals surface area (Å²) in [6.07, 6.45) is 0. The van der Waals surface area contributed by atoms with Crippen molar-refractivity contribution in [2.45, 2.75) is 13.2 Å². The summed E-state index contributed by atoms with van der Waals surface area (Å²) < 4.78 is 32.1. The largest absolute Gasteiger partial charge is 0.486 e. The van der Waals surface area contributed by atoms with Gasteiger partial charge in [0.25, 0.3) is 0 Å². The van der Waals surface area contributed by atoms with Gasteiger partial charge in [-0.25, -0.2) is 4.39 Å². The minimum Gasteiger partial charge on any atom is -0.486 e. The molecule has 0 bridgehead atoms. The van der Waals surface area contributed by atoms with Crippen LogP contribution in [0, 0.1) is 11.6 Å². The van der Waals surface area contributed by atoms with Crippen LogP contribution in [-0.2, 0) is 13.2 Å². The van der Waals surface area contributed by atoms with Crippen LogP contribution in [0.5, 0.6) is 5.75 Å². The highest BCUT2D eigenvalue weighted by molar-refractivity contribution is 5.31. The van der Waals surface area contributed by atoms with Gasteiger partial charge < -0.3 is 9.84 Å². The van der Waals surface area contributed by atoms with E-state index >= 15 is 0 Å². The van der Waals surface area contributed by atoms with E-state index in [1.807, 2.05) is 30.3 Å². The molecule has 0 unspecified atom stereocenters. The molecule has 0 aliphatic carbocycles. The van der Waals surface area contributed by atoms with E-state index in [1.165, 1.54) is 12.1 Å². The maximum Gasteiger partial charge on any atom is 0.200 e. The Labute approximate surface area is 103 Å². The molecule has 0 spiro atoms. The molecule has 0 aromatic heterocycles. The Balaban J connectivity index is 2.13. The fourth-order valence-corrected chi connectivity index (χ4v) is 1.54. The Morgan fingerprint density at radius 2 is 1.67 bits per heavy atom. The molecular formula is C14H12F2O2.